The maximum Gasteiger partial charge on any atom is 0.254 e. The Bertz CT molecular complexity index is 644. The number of aryl methyl sites for hydroxylation is 1. The van der Waals surface area contributed by atoms with E-state index < -0.39 is 0 Å². The van der Waals surface area contributed by atoms with Crippen molar-refractivity contribution >= 4 is 24.2 Å². The molecule has 2 atom stereocenters. The zero-order valence-corrected chi connectivity index (χ0v) is 16.5. The Morgan fingerprint density at radius 1 is 1.23 bits per heavy atom. The van der Waals surface area contributed by atoms with E-state index in [-0.39, 0.29) is 30.3 Å². The zero-order chi connectivity index (χ0) is 17.8. The molecule has 26 heavy (non-hydrogen) atoms. The second-order valence-electron chi connectivity index (χ2n) is 7.40. The lowest BCUT2D eigenvalue weighted by Crippen LogP contribution is -2.46. The minimum Gasteiger partial charge on any atom is -0.354 e. The van der Waals surface area contributed by atoms with Crippen LogP contribution in [0.25, 0.3) is 0 Å². The maximum atomic E-state index is 12.9. The molecule has 0 bridgehead atoms. The van der Waals surface area contributed by atoms with Crippen molar-refractivity contribution in [2.45, 2.75) is 45.6 Å². The fraction of sp³-hybridized carbons (Fsp3) is 0.600. The third kappa shape index (κ3) is 4.77. The highest BCUT2D eigenvalue weighted by molar-refractivity contribution is 5.96. The molecule has 5 nitrogen and oxygen atoms in total. The molecule has 1 aromatic carbocycles. The number of nitrogens with zero attached hydrogens (tertiary/aromatic N) is 1. The van der Waals surface area contributed by atoms with Crippen molar-refractivity contribution in [2.24, 2.45) is 5.92 Å². The smallest absolute Gasteiger partial charge is 0.254 e. The zero-order valence-electron chi connectivity index (χ0n) is 15.7. The second-order valence-corrected chi connectivity index (χ2v) is 7.40. The first-order valence-corrected chi connectivity index (χ1v) is 9.43. The SMILES string of the molecule is Cc1cccc(C(=O)N2CCCC(CNC(=O)C3CCCN3)C2)c1C.Cl. The average Bonchev–Trinajstić information content (AvgIpc) is 3.16. The first-order valence-electron chi connectivity index (χ1n) is 9.43. The van der Waals surface area contributed by atoms with Crippen LogP contribution in [0.15, 0.2) is 18.2 Å². The number of halogens is 1. The first-order chi connectivity index (χ1) is 12.1. The van der Waals surface area contributed by atoms with Crippen LogP contribution in [0.2, 0.25) is 0 Å². The van der Waals surface area contributed by atoms with Gasteiger partial charge < -0.3 is 15.5 Å². The Balaban J connectivity index is 0.00000243. The van der Waals surface area contributed by atoms with Crippen LogP contribution in [0, 0.1) is 19.8 Å². The number of amides is 2. The van der Waals surface area contributed by atoms with Gasteiger partial charge in [0, 0.05) is 25.2 Å². The van der Waals surface area contributed by atoms with Gasteiger partial charge in [-0.1, -0.05) is 12.1 Å². The van der Waals surface area contributed by atoms with Crippen LogP contribution in [-0.2, 0) is 4.79 Å². The van der Waals surface area contributed by atoms with Gasteiger partial charge >= 0.3 is 0 Å². The fourth-order valence-electron chi connectivity index (χ4n) is 3.85. The highest BCUT2D eigenvalue weighted by Gasteiger charge is 2.27. The van der Waals surface area contributed by atoms with Crippen LogP contribution in [0.1, 0.15) is 47.2 Å². The molecule has 2 aliphatic heterocycles. The summed E-state index contributed by atoms with van der Waals surface area (Å²) in [7, 11) is 0. The summed E-state index contributed by atoms with van der Waals surface area (Å²) < 4.78 is 0. The topological polar surface area (TPSA) is 61.4 Å². The Morgan fingerprint density at radius 3 is 2.77 bits per heavy atom. The van der Waals surface area contributed by atoms with E-state index in [1.807, 2.05) is 36.9 Å². The summed E-state index contributed by atoms with van der Waals surface area (Å²) in [6, 6.07) is 5.88. The van der Waals surface area contributed by atoms with E-state index >= 15 is 0 Å². The molecule has 0 saturated carbocycles. The van der Waals surface area contributed by atoms with Gasteiger partial charge in [0.05, 0.1) is 6.04 Å². The highest BCUT2D eigenvalue weighted by atomic mass is 35.5. The molecule has 1 aromatic rings. The Hall–Kier alpha value is -1.59. The molecule has 2 N–H and O–H groups in total. The molecule has 2 fully saturated rings. The number of hydrogen-bond donors (Lipinski definition) is 2. The van der Waals surface area contributed by atoms with E-state index in [2.05, 4.69) is 10.6 Å². The number of benzene rings is 1. The molecule has 2 heterocycles. The van der Waals surface area contributed by atoms with Crippen molar-refractivity contribution in [3.8, 4) is 0 Å². The lowest BCUT2D eigenvalue weighted by atomic mass is 9.96. The van der Waals surface area contributed by atoms with E-state index in [1.165, 1.54) is 0 Å². The molecular weight excluding hydrogens is 350 g/mol. The van der Waals surface area contributed by atoms with E-state index in [9.17, 15) is 9.59 Å². The second kappa shape index (κ2) is 9.38. The van der Waals surface area contributed by atoms with Crippen LogP contribution in [-0.4, -0.2) is 48.9 Å². The largest absolute Gasteiger partial charge is 0.354 e. The lowest BCUT2D eigenvalue weighted by Gasteiger charge is -2.33. The van der Waals surface area contributed by atoms with Crippen molar-refractivity contribution in [2.75, 3.05) is 26.2 Å². The predicted molar refractivity (Wildman–Crippen MR) is 106 cm³/mol. The molecule has 2 aliphatic rings. The number of nitrogens with one attached hydrogen (secondary N) is 2. The molecule has 144 valence electrons. The molecule has 2 unspecified atom stereocenters. The predicted octanol–water partition coefficient (Wildman–Crippen LogP) is 2.45. The van der Waals surface area contributed by atoms with E-state index in [4.69, 9.17) is 0 Å². The molecule has 0 radical (unpaired) electrons. The van der Waals surface area contributed by atoms with Crippen LogP contribution in [0.5, 0.6) is 0 Å². The summed E-state index contributed by atoms with van der Waals surface area (Å²) in [6.07, 6.45) is 4.06. The number of rotatable bonds is 4. The number of carbonyl (C=O) groups is 2. The first kappa shape index (κ1) is 20.7. The van der Waals surface area contributed by atoms with Gasteiger partial charge in [0.25, 0.3) is 5.91 Å². The van der Waals surface area contributed by atoms with E-state index in [0.717, 1.165) is 62.0 Å². The maximum absolute atomic E-state index is 12.9. The van der Waals surface area contributed by atoms with Crippen molar-refractivity contribution < 1.29 is 9.59 Å². The summed E-state index contributed by atoms with van der Waals surface area (Å²) in [5, 5.41) is 6.30. The van der Waals surface area contributed by atoms with Gasteiger partial charge in [-0.2, -0.15) is 0 Å². The summed E-state index contributed by atoms with van der Waals surface area (Å²) in [5.41, 5.74) is 3.02. The minimum atomic E-state index is -0.0312. The van der Waals surface area contributed by atoms with Crippen LogP contribution in [0.4, 0.5) is 0 Å². The van der Waals surface area contributed by atoms with Gasteiger partial charge in [0.15, 0.2) is 0 Å². The summed E-state index contributed by atoms with van der Waals surface area (Å²) in [6.45, 7) is 7.18. The molecule has 0 aliphatic carbocycles. The van der Waals surface area contributed by atoms with Crippen LogP contribution in [0.3, 0.4) is 0 Å². The van der Waals surface area contributed by atoms with Crippen molar-refractivity contribution in [3.63, 3.8) is 0 Å². The quantitative estimate of drug-likeness (QED) is 0.844. The minimum absolute atomic E-state index is 0. The number of hydrogen-bond acceptors (Lipinski definition) is 3. The number of carbonyl (C=O) groups excluding carboxylic acids is 2. The van der Waals surface area contributed by atoms with E-state index in [1.54, 1.807) is 0 Å². The number of piperidine rings is 1. The van der Waals surface area contributed by atoms with Gasteiger partial charge in [0.1, 0.15) is 0 Å². The normalized spacial score (nSPS) is 22.6. The van der Waals surface area contributed by atoms with Crippen molar-refractivity contribution in [3.05, 3.63) is 34.9 Å². The molecule has 0 aromatic heterocycles. The molecule has 2 amide bonds. The molecule has 2 saturated heterocycles. The van der Waals surface area contributed by atoms with Gasteiger partial charge in [-0.25, -0.2) is 0 Å². The van der Waals surface area contributed by atoms with Crippen LogP contribution < -0.4 is 10.6 Å². The molecular formula is C20H30ClN3O2. The van der Waals surface area contributed by atoms with Crippen LogP contribution >= 0.6 is 12.4 Å². The van der Waals surface area contributed by atoms with E-state index in [0.29, 0.717) is 12.5 Å². The average molecular weight is 380 g/mol. The third-order valence-electron chi connectivity index (χ3n) is 5.58. The number of likely N-dealkylation sites (tertiary alicyclic amines) is 1. The third-order valence-corrected chi connectivity index (χ3v) is 5.58. The Kier molecular flexibility index (Phi) is 7.47. The van der Waals surface area contributed by atoms with Crippen molar-refractivity contribution in [1.29, 1.82) is 0 Å². The molecule has 3 rings (SSSR count). The Morgan fingerprint density at radius 2 is 2.04 bits per heavy atom. The Labute approximate surface area is 162 Å². The van der Waals surface area contributed by atoms with Gasteiger partial charge in [0.2, 0.25) is 5.91 Å². The fourth-order valence-corrected chi connectivity index (χ4v) is 3.85. The standard InChI is InChI=1S/C20H29N3O2.ClH/c1-14-6-3-8-17(15(14)2)20(25)23-11-5-7-16(13-23)12-22-19(24)18-9-4-10-21-18;/h3,6,8,16,18,21H,4-5,7,9-13H2,1-2H3,(H,22,24);1H. The van der Waals surface area contributed by atoms with Gasteiger partial charge in [-0.05, 0) is 69.2 Å². The van der Waals surface area contributed by atoms with Gasteiger partial charge in [-0.3, -0.25) is 9.59 Å². The highest BCUT2D eigenvalue weighted by Crippen LogP contribution is 2.21. The summed E-state index contributed by atoms with van der Waals surface area (Å²) in [4.78, 5) is 27.0. The monoisotopic (exact) mass is 379 g/mol. The van der Waals surface area contributed by atoms with Gasteiger partial charge in [-0.15, -0.1) is 12.4 Å². The molecule has 6 heteroatoms. The molecule has 0 spiro atoms. The lowest BCUT2D eigenvalue weighted by molar-refractivity contribution is -0.123. The summed E-state index contributed by atoms with van der Waals surface area (Å²) in [5.74, 6) is 0.568. The van der Waals surface area contributed by atoms with Crippen molar-refractivity contribution in [1.82, 2.24) is 15.5 Å². The summed E-state index contributed by atoms with van der Waals surface area (Å²) >= 11 is 0.